The van der Waals surface area contributed by atoms with Gasteiger partial charge in [0.05, 0.1) is 10.6 Å². The largest absolute Gasteiger partial charge is 0.383 e. The highest BCUT2D eigenvalue weighted by atomic mass is 35.5. The Morgan fingerprint density at radius 2 is 1.73 bits per heavy atom. The predicted octanol–water partition coefficient (Wildman–Crippen LogP) is 4.81. The third-order valence-electron chi connectivity index (χ3n) is 4.03. The van der Waals surface area contributed by atoms with Crippen LogP contribution in [0.3, 0.4) is 0 Å². The van der Waals surface area contributed by atoms with E-state index in [1.165, 1.54) is 11.1 Å². The second-order valence-corrected chi connectivity index (χ2v) is 7.40. The van der Waals surface area contributed by atoms with Crippen molar-refractivity contribution in [2.24, 2.45) is 10.7 Å². The molecule has 1 aromatic heterocycles. The summed E-state index contributed by atoms with van der Waals surface area (Å²) in [6.07, 6.45) is 1.97. The molecule has 0 spiro atoms. The fourth-order valence-corrected chi connectivity index (χ4v) is 3.48. The Kier molecular flexibility index (Phi) is 6.83. The minimum Gasteiger partial charge on any atom is -0.383 e. The maximum Gasteiger partial charge on any atom is 0.141 e. The fourth-order valence-electron chi connectivity index (χ4n) is 2.64. The Hall–Kier alpha value is -2.14. The first kappa shape index (κ1) is 18.6. The molecule has 0 bridgehead atoms. The number of rotatable bonds is 8. The standard InChI is InChI=1S/C21H22ClN3S/c22-18-4-1-3-17(15-18)11-13-24-12-10-16-6-8-19(9-7-16)25-21(23)20-5-2-14-26-20/h1-9,14-15,24H,10-13H2,(H2,23,25). The van der Waals surface area contributed by atoms with E-state index in [4.69, 9.17) is 17.3 Å². The summed E-state index contributed by atoms with van der Waals surface area (Å²) in [5.74, 6) is 0.565. The monoisotopic (exact) mass is 383 g/mol. The van der Waals surface area contributed by atoms with E-state index >= 15 is 0 Å². The van der Waals surface area contributed by atoms with E-state index in [1.807, 2.05) is 47.8 Å². The van der Waals surface area contributed by atoms with Crippen LogP contribution in [0, 0.1) is 0 Å². The lowest BCUT2D eigenvalue weighted by Crippen LogP contribution is -2.20. The summed E-state index contributed by atoms with van der Waals surface area (Å²) in [6.45, 7) is 1.89. The van der Waals surface area contributed by atoms with Gasteiger partial charge in [-0.15, -0.1) is 11.3 Å². The summed E-state index contributed by atoms with van der Waals surface area (Å²) in [5, 5.41) is 6.27. The zero-order valence-corrected chi connectivity index (χ0v) is 16.1. The van der Waals surface area contributed by atoms with Gasteiger partial charge < -0.3 is 11.1 Å². The van der Waals surface area contributed by atoms with Crippen LogP contribution < -0.4 is 11.1 Å². The molecule has 0 aliphatic carbocycles. The van der Waals surface area contributed by atoms with Crippen LogP contribution >= 0.6 is 22.9 Å². The molecule has 134 valence electrons. The van der Waals surface area contributed by atoms with E-state index in [0.717, 1.165) is 41.5 Å². The quantitative estimate of drug-likeness (QED) is 0.333. The number of aliphatic imine (C=N–C) groups is 1. The van der Waals surface area contributed by atoms with Gasteiger partial charge in [-0.2, -0.15) is 0 Å². The van der Waals surface area contributed by atoms with Gasteiger partial charge >= 0.3 is 0 Å². The summed E-state index contributed by atoms with van der Waals surface area (Å²) < 4.78 is 0. The van der Waals surface area contributed by atoms with Crippen LogP contribution in [0.15, 0.2) is 71.0 Å². The van der Waals surface area contributed by atoms with Crippen molar-refractivity contribution in [2.75, 3.05) is 13.1 Å². The van der Waals surface area contributed by atoms with E-state index in [2.05, 4.69) is 28.5 Å². The molecule has 3 nitrogen and oxygen atoms in total. The van der Waals surface area contributed by atoms with Gasteiger partial charge in [-0.05, 0) is 72.8 Å². The van der Waals surface area contributed by atoms with Crippen LogP contribution in [0.5, 0.6) is 0 Å². The number of nitrogens with one attached hydrogen (secondary N) is 1. The molecule has 26 heavy (non-hydrogen) atoms. The van der Waals surface area contributed by atoms with Crippen molar-refractivity contribution in [1.82, 2.24) is 5.32 Å². The zero-order valence-electron chi connectivity index (χ0n) is 14.5. The van der Waals surface area contributed by atoms with Gasteiger partial charge in [0.25, 0.3) is 0 Å². The second kappa shape index (κ2) is 9.53. The van der Waals surface area contributed by atoms with Crippen molar-refractivity contribution in [3.8, 4) is 0 Å². The molecule has 3 aromatic rings. The minimum absolute atomic E-state index is 0.565. The van der Waals surface area contributed by atoms with Crippen molar-refractivity contribution in [1.29, 1.82) is 0 Å². The summed E-state index contributed by atoms with van der Waals surface area (Å²) in [7, 11) is 0. The molecular formula is C21H22ClN3S. The highest BCUT2D eigenvalue weighted by Gasteiger charge is 2.00. The number of thiophene rings is 1. The van der Waals surface area contributed by atoms with E-state index in [9.17, 15) is 0 Å². The molecule has 2 aromatic carbocycles. The van der Waals surface area contributed by atoms with Gasteiger partial charge in [0.15, 0.2) is 0 Å². The lowest BCUT2D eigenvalue weighted by atomic mass is 10.1. The number of benzene rings is 2. The average molecular weight is 384 g/mol. The highest BCUT2D eigenvalue weighted by molar-refractivity contribution is 7.12. The number of hydrogen-bond donors (Lipinski definition) is 2. The maximum absolute atomic E-state index is 6.02. The Morgan fingerprint density at radius 1 is 0.962 bits per heavy atom. The number of nitrogens with zero attached hydrogens (tertiary/aromatic N) is 1. The van der Waals surface area contributed by atoms with Crippen LogP contribution in [-0.4, -0.2) is 18.9 Å². The van der Waals surface area contributed by atoms with Crippen LogP contribution in [0.4, 0.5) is 5.69 Å². The Bertz CT molecular complexity index is 842. The van der Waals surface area contributed by atoms with Gasteiger partial charge in [-0.1, -0.05) is 41.9 Å². The molecule has 0 fully saturated rings. The summed E-state index contributed by atoms with van der Waals surface area (Å²) >= 11 is 7.60. The second-order valence-electron chi connectivity index (χ2n) is 6.02. The van der Waals surface area contributed by atoms with Crippen molar-refractivity contribution < 1.29 is 0 Å². The van der Waals surface area contributed by atoms with E-state index < -0.39 is 0 Å². The zero-order chi connectivity index (χ0) is 18.2. The molecule has 0 radical (unpaired) electrons. The topological polar surface area (TPSA) is 50.4 Å². The van der Waals surface area contributed by atoms with Gasteiger partial charge in [-0.25, -0.2) is 4.99 Å². The van der Waals surface area contributed by atoms with Gasteiger partial charge in [0, 0.05) is 5.02 Å². The molecule has 0 unspecified atom stereocenters. The van der Waals surface area contributed by atoms with Crippen molar-refractivity contribution in [3.63, 3.8) is 0 Å². The molecule has 0 amide bonds. The third-order valence-corrected chi connectivity index (χ3v) is 5.16. The van der Waals surface area contributed by atoms with Crippen LogP contribution in [0.1, 0.15) is 16.0 Å². The summed E-state index contributed by atoms with van der Waals surface area (Å²) in [5.41, 5.74) is 9.45. The Balaban J connectivity index is 1.42. The third kappa shape index (κ3) is 5.70. The number of halogens is 1. The Labute approximate surface area is 163 Å². The minimum atomic E-state index is 0.565. The summed E-state index contributed by atoms with van der Waals surface area (Å²) in [6, 6.07) is 20.2. The lowest BCUT2D eigenvalue weighted by molar-refractivity contribution is 0.682. The van der Waals surface area contributed by atoms with E-state index in [0.29, 0.717) is 5.84 Å². The van der Waals surface area contributed by atoms with Gasteiger partial charge in [-0.3, -0.25) is 0 Å². The summed E-state index contributed by atoms with van der Waals surface area (Å²) in [4.78, 5) is 5.47. The molecule has 1 heterocycles. The molecule has 0 saturated carbocycles. The number of hydrogen-bond acceptors (Lipinski definition) is 3. The predicted molar refractivity (Wildman–Crippen MR) is 113 cm³/mol. The van der Waals surface area contributed by atoms with Crippen molar-refractivity contribution in [2.45, 2.75) is 12.8 Å². The fraction of sp³-hybridized carbons (Fsp3) is 0.190. The molecule has 0 aliphatic heterocycles. The van der Waals surface area contributed by atoms with Crippen molar-refractivity contribution in [3.05, 3.63) is 87.1 Å². The van der Waals surface area contributed by atoms with Crippen LogP contribution in [0.2, 0.25) is 5.02 Å². The maximum atomic E-state index is 6.02. The SMILES string of the molecule is NC(=Nc1ccc(CCNCCc2cccc(Cl)c2)cc1)c1cccs1. The average Bonchev–Trinajstić information content (AvgIpc) is 3.18. The first-order valence-corrected chi connectivity index (χ1v) is 9.88. The number of nitrogens with two attached hydrogens (primary N) is 1. The first-order valence-electron chi connectivity index (χ1n) is 8.63. The van der Waals surface area contributed by atoms with Gasteiger partial charge in [0.2, 0.25) is 0 Å². The molecule has 3 rings (SSSR count). The van der Waals surface area contributed by atoms with E-state index in [1.54, 1.807) is 11.3 Å². The van der Waals surface area contributed by atoms with Crippen LogP contribution in [-0.2, 0) is 12.8 Å². The highest BCUT2D eigenvalue weighted by Crippen LogP contribution is 2.16. The molecular weight excluding hydrogens is 362 g/mol. The van der Waals surface area contributed by atoms with Crippen LogP contribution in [0.25, 0.3) is 0 Å². The normalized spacial score (nSPS) is 11.7. The molecule has 3 N–H and O–H groups in total. The van der Waals surface area contributed by atoms with E-state index in [-0.39, 0.29) is 0 Å². The van der Waals surface area contributed by atoms with Gasteiger partial charge in [0.1, 0.15) is 5.84 Å². The number of amidine groups is 1. The molecule has 5 heteroatoms. The smallest absolute Gasteiger partial charge is 0.141 e. The van der Waals surface area contributed by atoms with Crippen molar-refractivity contribution >= 4 is 34.5 Å². The first-order chi connectivity index (χ1) is 12.7. The Morgan fingerprint density at radius 3 is 2.42 bits per heavy atom. The molecule has 0 saturated heterocycles. The molecule has 0 atom stereocenters. The molecule has 0 aliphatic rings. The lowest BCUT2D eigenvalue weighted by Gasteiger charge is -2.06.